The fourth-order valence-electron chi connectivity index (χ4n) is 3.61. The average Bonchev–Trinajstić information content (AvgIpc) is 3.75. The van der Waals surface area contributed by atoms with Gasteiger partial charge in [-0.15, -0.1) is 34.0 Å². The van der Waals surface area contributed by atoms with E-state index in [0.29, 0.717) is 9.75 Å². The van der Waals surface area contributed by atoms with Gasteiger partial charge in [-0.25, -0.2) is 0 Å². The van der Waals surface area contributed by atoms with Crippen LogP contribution in [0.4, 0.5) is 11.4 Å². The minimum absolute atomic E-state index is 0.278. The Bertz CT molecular complexity index is 1590. The summed E-state index contributed by atoms with van der Waals surface area (Å²) in [5.74, 6) is 0. The number of thiophene rings is 5. The van der Waals surface area contributed by atoms with Crippen LogP contribution in [-0.4, -0.2) is 24.1 Å². The molecule has 198 valence electrons. The maximum atomic E-state index is 12.1. The number of hydrogen-bond donors (Lipinski definition) is 0. The van der Waals surface area contributed by atoms with Crippen molar-refractivity contribution in [2.24, 2.45) is 0 Å². The van der Waals surface area contributed by atoms with Crippen molar-refractivity contribution in [2.45, 2.75) is 0 Å². The van der Waals surface area contributed by atoms with E-state index in [4.69, 9.17) is 9.47 Å². The van der Waals surface area contributed by atoms with E-state index in [1.165, 1.54) is 45.3 Å². The molecule has 0 aliphatic carbocycles. The molecule has 0 saturated heterocycles. The Morgan fingerprint density at radius 1 is 0.564 bits per heavy atom. The Hall–Kier alpha value is -3.62. The van der Waals surface area contributed by atoms with E-state index >= 15 is 0 Å². The van der Waals surface area contributed by atoms with E-state index in [1.807, 2.05) is 60.7 Å². The van der Waals surface area contributed by atoms with Crippen LogP contribution in [0.25, 0.3) is 43.8 Å². The summed E-state index contributed by atoms with van der Waals surface area (Å²) in [6.45, 7) is 0. The Morgan fingerprint density at radius 2 is 0.923 bits per heavy atom. The third-order valence-corrected chi connectivity index (χ3v) is 11.0. The first-order valence-electron chi connectivity index (χ1n) is 11.2. The molecule has 0 saturated carbocycles. The van der Waals surface area contributed by atoms with Crippen molar-refractivity contribution in [3.05, 3.63) is 88.3 Å². The summed E-state index contributed by atoms with van der Waals surface area (Å²) in [5.41, 5.74) is -0.951. The van der Waals surface area contributed by atoms with Crippen molar-refractivity contribution in [3.63, 3.8) is 0 Å². The molecule has 13 heteroatoms. The highest BCUT2D eigenvalue weighted by Crippen LogP contribution is 2.54. The maximum absolute atomic E-state index is 12.1. The maximum Gasteiger partial charge on any atom is 0.366 e. The molecule has 0 fully saturated rings. The van der Waals surface area contributed by atoms with Crippen LogP contribution in [0.3, 0.4) is 0 Å². The fraction of sp³-hybridized carbons (Fsp3) is 0.0769. The van der Waals surface area contributed by atoms with Crippen molar-refractivity contribution in [1.82, 2.24) is 0 Å². The largest absolute Gasteiger partial charge is 0.487 e. The molecule has 0 spiro atoms. The third kappa shape index (κ3) is 5.87. The molecular formula is C26H18N2O6S5. The number of nitrogens with zero attached hydrogens (tertiary/aromatic N) is 2. The van der Waals surface area contributed by atoms with Crippen molar-refractivity contribution >= 4 is 92.4 Å². The van der Waals surface area contributed by atoms with E-state index in [0.717, 1.165) is 41.0 Å². The molecule has 5 heterocycles. The fourth-order valence-corrected chi connectivity index (χ4v) is 8.34. The Kier molecular flexibility index (Phi) is 8.04. The van der Waals surface area contributed by atoms with Gasteiger partial charge in [0.05, 0.1) is 33.8 Å². The second kappa shape index (κ2) is 11.6. The lowest BCUT2D eigenvalue weighted by Gasteiger charge is -1.93. The minimum atomic E-state index is -0.654. The first kappa shape index (κ1) is 27.0. The molecule has 39 heavy (non-hydrogen) atoms. The average molecular weight is 615 g/mol. The van der Waals surface area contributed by atoms with Gasteiger partial charge in [-0.05, 0) is 72.8 Å². The number of rotatable bonds is 10. The Balaban J connectivity index is 1.48. The summed E-state index contributed by atoms with van der Waals surface area (Å²) in [6.07, 6.45) is 7.70. The summed E-state index contributed by atoms with van der Waals surface area (Å²) < 4.78 is 10.4. The number of hydrogen-bond acceptors (Lipinski definition) is 11. The van der Waals surface area contributed by atoms with Gasteiger partial charge in [-0.3, -0.25) is 20.2 Å². The van der Waals surface area contributed by atoms with Crippen molar-refractivity contribution in [3.8, 4) is 29.6 Å². The quantitative estimate of drug-likeness (QED) is 0.115. The number of ether oxygens (including phenoxy) is 2. The van der Waals surface area contributed by atoms with Crippen LogP contribution in [0.1, 0.15) is 19.5 Å². The van der Waals surface area contributed by atoms with Crippen LogP contribution in [0, 0.1) is 20.2 Å². The van der Waals surface area contributed by atoms with Gasteiger partial charge in [-0.2, -0.15) is 0 Å². The molecule has 5 aromatic heterocycles. The zero-order valence-electron chi connectivity index (χ0n) is 20.3. The molecule has 5 rings (SSSR count). The second-order valence-electron chi connectivity index (χ2n) is 7.76. The molecule has 0 N–H and O–H groups in total. The van der Waals surface area contributed by atoms with Gasteiger partial charge in [-0.1, -0.05) is 22.7 Å². The summed E-state index contributed by atoms with van der Waals surface area (Å²) in [4.78, 5) is 28.4. The van der Waals surface area contributed by atoms with Crippen LogP contribution in [-0.2, 0) is 0 Å². The highest BCUT2D eigenvalue weighted by atomic mass is 32.1. The van der Waals surface area contributed by atoms with Gasteiger partial charge >= 0.3 is 11.4 Å². The SMILES string of the molecule is COc1ccc(/C=C/c2ccc(-c3sc(-c4ccc(/C=C/c5ccc(OC)s5)s4)c([N+](=O)[O-])c3[N+](=O)[O-])s2)s1. The highest BCUT2D eigenvalue weighted by Gasteiger charge is 2.38. The lowest BCUT2D eigenvalue weighted by atomic mass is 10.2. The van der Waals surface area contributed by atoms with Crippen LogP contribution in [0.15, 0.2) is 48.5 Å². The van der Waals surface area contributed by atoms with E-state index in [1.54, 1.807) is 26.4 Å². The zero-order valence-corrected chi connectivity index (χ0v) is 24.4. The zero-order chi connectivity index (χ0) is 27.5. The Morgan fingerprint density at radius 3 is 1.26 bits per heavy atom. The summed E-state index contributed by atoms with van der Waals surface area (Å²) in [5, 5.41) is 25.8. The molecule has 8 nitrogen and oxygen atoms in total. The Labute approximate surface area is 242 Å². The second-order valence-corrected chi connectivity index (χ2v) is 13.2. The molecule has 0 unspecified atom stereocenters. The molecule has 0 aromatic carbocycles. The first-order chi connectivity index (χ1) is 18.9. The highest BCUT2D eigenvalue weighted by molar-refractivity contribution is 7.27. The molecule has 0 aliphatic heterocycles. The van der Waals surface area contributed by atoms with Gasteiger partial charge in [0.25, 0.3) is 0 Å². The van der Waals surface area contributed by atoms with E-state index in [9.17, 15) is 20.2 Å². The normalized spacial score (nSPS) is 11.5. The van der Waals surface area contributed by atoms with Gasteiger partial charge in [0.15, 0.2) is 10.1 Å². The molecule has 5 aromatic rings. The predicted octanol–water partition coefficient (Wildman–Crippen LogP) is 9.50. The van der Waals surface area contributed by atoms with E-state index in [-0.39, 0.29) is 9.75 Å². The smallest absolute Gasteiger partial charge is 0.366 e. The van der Waals surface area contributed by atoms with Gasteiger partial charge in [0.1, 0.15) is 9.75 Å². The number of nitro groups is 2. The monoisotopic (exact) mass is 614 g/mol. The van der Waals surface area contributed by atoms with Gasteiger partial charge < -0.3 is 9.47 Å². The van der Waals surface area contributed by atoms with Gasteiger partial charge in [0, 0.05) is 19.5 Å². The lowest BCUT2D eigenvalue weighted by molar-refractivity contribution is -0.420. The third-order valence-electron chi connectivity index (χ3n) is 5.36. The summed E-state index contributed by atoms with van der Waals surface area (Å²) >= 11 is 6.77. The van der Waals surface area contributed by atoms with Crippen molar-refractivity contribution in [2.75, 3.05) is 14.2 Å². The van der Waals surface area contributed by atoms with Crippen molar-refractivity contribution < 1.29 is 19.3 Å². The van der Waals surface area contributed by atoms with Crippen molar-refractivity contribution in [1.29, 1.82) is 0 Å². The topological polar surface area (TPSA) is 105 Å². The van der Waals surface area contributed by atoms with Crippen LogP contribution in [0.5, 0.6) is 10.1 Å². The van der Waals surface area contributed by atoms with Crippen LogP contribution < -0.4 is 9.47 Å². The molecule has 0 radical (unpaired) electrons. The lowest BCUT2D eigenvalue weighted by Crippen LogP contribution is -1.95. The van der Waals surface area contributed by atoms with Crippen LogP contribution >= 0.6 is 56.7 Å². The minimum Gasteiger partial charge on any atom is -0.487 e. The van der Waals surface area contributed by atoms with Crippen LogP contribution in [0.2, 0.25) is 0 Å². The molecule has 0 atom stereocenters. The standard InChI is InChI=1S/C26H18N2O6S5/c1-33-21-13-9-17(37-21)5-3-15-7-11-19(35-15)25-23(27(29)30)24(28(31)32)26(39-25)20-12-8-16(36-20)4-6-18-10-14-22(34-2)38-18/h3-14H,1-2H3/b5-3+,6-4+. The number of methoxy groups -OCH3 is 2. The van der Waals surface area contributed by atoms with Gasteiger partial charge in [0.2, 0.25) is 0 Å². The first-order valence-corrected chi connectivity index (χ1v) is 15.2. The predicted molar refractivity (Wildman–Crippen MR) is 164 cm³/mol. The van der Waals surface area contributed by atoms with E-state index in [2.05, 4.69) is 0 Å². The summed E-state index contributed by atoms with van der Waals surface area (Å²) in [6, 6.07) is 14.9. The molecular weight excluding hydrogens is 597 g/mol. The summed E-state index contributed by atoms with van der Waals surface area (Å²) in [7, 11) is 3.23. The molecule has 0 aliphatic rings. The molecule has 0 amide bonds. The van der Waals surface area contributed by atoms with E-state index < -0.39 is 21.2 Å². The molecule has 0 bridgehead atoms.